The molecule has 1 nitrogen and oxygen atoms in total. The molecule has 0 bridgehead atoms. The van der Waals surface area contributed by atoms with Gasteiger partial charge < -0.3 is 4.74 Å². The van der Waals surface area contributed by atoms with Crippen LogP contribution in [0.3, 0.4) is 0 Å². The predicted octanol–water partition coefficient (Wildman–Crippen LogP) is 5.19. The van der Waals surface area contributed by atoms with Crippen molar-refractivity contribution in [1.82, 2.24) is 0 Å². The van der Waals surface area contributed by atoms with Gasteiger partial charge >= 0.3 is 0 Å². The van der Waals surface area contributed by atoms with Crippen molar-refractivity contribution in [2.45, 2.75) is 84.2 Å². The van der Waals surface area contributed by atoms with Crippen LogP contribution in [0.2, 0.25) is 0 Å². The summed E-state index contributed by atoms with van der Waals surface area (Å²) in [6.07, 6.45) is 14.6. The Balaban J connectivity index is 2.00. The van der Waals surface area contributed by atoms with E-state index in [9.17, 15) is 0 Å². The van der Waals surface area contributed by atoms with Gasteiger partial charge in [0.2, 0.25) is 0 Å². The summed E-state index contributed by atoms with van der Waals surface area (Å²) in [6, 6.07) is 0. The molecule has 0 aliphatic heterocycles. The van der Waals surface area contributed by atoms with Gasteiger partial charge in [-0.3, -0.25) is 0 Å². The number of hydrogen-bond donors (Lipinski definition) is 0. The Hall–Kier alpha value is -0.0400. The highest BCUT2D eigenvalue weighted by molar-refractivity contribution is 4.72. The number of rotatable bonds is 8. The second-order valence-electron chi connectivity index (χ2n) is 5.85. The molecular weight excluding hydrogens is 208 g/mol. The second kappa shape index (κ2) is 8.97. The van der Waals surface area contributed by atoms with E-state index < -0.39 is 0 Å². The van der Waals surface area contributed by atoms with Crippen LogP contribution in [-0.4, -0.2) is 13.2 Å². The van der Waals surface area contributed by atoms with Gasteiger partial charge in [0.05, 0.1) is 6.10 Å². The van der Waals surface area contributed by atoms with E-state index in [4.69, 9.17) is 4.74 Å². The van der Waals surface area contributed by atoms with Gasteiger partial charge in [0.1, 0.15) is 0 Å². The van der Waals surface area contributed by atoms with Crippen LogP contribution >= 0.6 is 0 Å². The maximum atomic E-state index is 5.43. The van der Waals surface area contributed by atoms with E-state index in [0.717, 1.165) is 11.8 Å². The summed E-state index contributed by atoms with van der Waals surface area (Å²) in [5.41, 5.74) is 0. The van der Waals surface area contributed by atoms with Crippen LogP contribution in [-0.2, 0) is 4.74 Å². The van der Waals surface area contributed by atoms with E-state index in [2.05, 4.69) is 13.8 Å². The highest BCUT2D eigenvalue weighted by Gasteiger charge is 2.20. The molecule has 0 radical (unpaired) electrons. The maximum Gasteiger partial charge on any atom is 0.0571 e. The van der Waals surface area contributed by atoms with E-state index >= 15 is 0 Å². The molecule has 0 saturated heterocycles. The molecule has 1 aliphatic carbocycles. The third-order valence-corrected chi connectivity index (χ3v) is 4.76. The van der Waals surface area contributed by atoms with E-state index in [1.54, 1.807) is 0 Å². The first-order valence-electron chi connectivity index (χ1n) is 7.82. The molecule has 0 atom stereocenters. The summed E-state index contributed by atoms with van der Waals surface area (Å²) in [4.78, 5) is 0. The quantitative estimate of drug-likeness (QED) is 0.531. The maximum absolute atomic E-state index is 5.43. The minimum Gasteiger partial charge on any atom is -0.381 e. The largest absolute Gasteiger partial charge is 0.381 e. The topological polar surface area (TPSA) is 9.23 Å². The zero-order valence-electron chi connectivity index (χ0n) is 12.2. The molecule has 0 N–H and O–H groups in total. The fourth-order valence-electron chi connectivity index (χ4n) is 3.22. The summed E-state index contributed by atoms with van der Waals surface area (Å²) in [7, 11) is 1.86. The van der Waals surface area contributed by atoms with Crippen molar-refractivity contribution < 1.29 is 4.74 Å². The minimum absolute atomic E-state index is 0.566. The first-order valence-corrected chi connectivity index (χ1v) is 7.82. The van der Waals surface area contributed by atoms with Crippen molar-refractivity contribution in [2.24, 2.45) is 11.8 Å². The Labute approximate surface area is 108 Å². The zero-order chi connectivity index (χ0) is 12.5. The van der Waals surface area contributed by atoms with Gasteiger partial charge in [-0.25, -0.2) is 0 Å². The van der Waals surface area contributed by atoms with Gasteiger partial charge in [-0.2, -0.15) is 0 Å². The molecule has 0 amide bonds. The van der Waals surface area contributed by atoms with Crippen LogP contribution < -0.4 is 0 Å². The Bertz CT molecular complexity index is 166. The Morgan fingerprint density at radius 1 is 1.00 bits per heavy atom. The van der Waals surface area contributed by atoms with Crippen molar-refractivity contribution in [3.05, 3.63) is 0 Å². The lowest BCUT2D eigenvalue weighted by Crippen LogP contribution is -2.20. The van der Waals surface area contributed by atoms with Crippen LogP contribution in [0.4, 0.5) is 0 Å². The summed E-state index contributed by atoms with van der Waals surface area (Å²) >= 11 is 0. The van der Waals surface area contributed by atoms with Gasteiger partial charge in [-0.15, -0.1) is 0 Å². The monoisotopic (exact) mass is 240 g/mol. The fraction of sp³-hybridized carbons (Fsp3) is 1.00. The molecule has 0 unspecified atom stereocenters. The lowest BCUT2D eigenvalue weighted by atomic mass is 9.83. The Morgan fingerprint density at radius 3 is 2.18 bits per heavy atom. The van der Waals surface area contributed by atoms with E-state index in [1.165, 1.54) is 64.2 Å². The van der Waals surface area contributed by atoms with Gasteiger partial charge in [-0.05, 0) is 37.5 Å². The standard InChI is InChI=1S/C16H32O/c1-4-14(5-2)8-6-7-9-15-10-12-16(17-3)13-11-15/h14-16H,4-13H2,1-3H3. The smallest absolute Gasteiger partial charge is 0.0571 e. The first kappa shape index (κ1) is 15.0. The zero-order valence-corrected chi connectivity index (χ0v) is 12.2. The molecule has 0 aromatic carbocycles. The van der Waals surface area contributed by atoms with Gasteiger partial charge in [0.25, 0.3) is 0 Å². The third-order valence-electron chi connectivity index (χ3n) is 4.76. The van der Waals surface area contributed by atoms with Crippen molar-refractivity contribution in [3.63, 3.8) is 0 Å². The molecule has 17 heavy (non-hydrogen) atoms. The molecule has 1 saturated carbocycles. The molecule has 1 fully saturated rings. The minimum atomic E-state index is 0.566. The SMILES string of the molecule is CCC(CC)CCCCC1CCC(OC)CC1. The van der Waals surface area contributed by atoms with Crippen LogP contribution in [0, 0.1) is 11.8 Å². The van der Waals surface area contributed by atoms with Crippen LogP contribution in [0.15, 0.2) is 0 Å². The van der Waals surface area contributed by atoms with Crippen LogP contribution in [0.25, 0.3) is 0 Å². The molecule has 0 spiro atoms. The molecule has 102 valence electrons. The molecule has 1 rings (SSSR count). The molecule has 1 heteroatoms. The van der Waals surface area contributed by atoms with Gasteiger partial charge in [-0.1, -0.05) is 52.4 Å². The average molecular weight is 240 g/mol. The van der Waals surface area contributed by atoms with Crippen molar-refractivity contribution in [2.75, 3.05) is 7.11 Å². The number of ether oxygens (including phenoxy) is 1. The Morgan fingerprint density at radius 2 is 1.65 bits per heavy atom. The van der Waals surface area contributed by atoms with Gasteiger partial charge in [0.15, 0.2) is 0 Å². The highest BCUT2D eigenvalue weighted by atomic mass is 16.5. The number of unbranched alkanes of at least 4 members (excludes halogenated alkanes) is 1. The lowest BCUT2D eigenvalue weighted by Gasteiger charge is -2.27. The second-order valence-corrected chi connectivity index (χ2v) is 5.85. The van der Waals surface area contributed by atoms with Gasteiger partial charge in [0, 0.05) is 7.11 Å². The lowest BCUT2D eigenvalue weighted by molar-refractivity contribution is 0.0551. The van der Waals surface area contributed by atoms with Crippen molar-refractivity contribution in [3.8, 4) is 0 Å². The summed E-state index contributed by atoms with van der Waals surface area (Å²) in [6.45, 7) is 4.67. The number of hydrogen-bond acceptors (Lipinski definition) is 1. The third kappa shape index (κ3) is 5.90. The fourth-order valence-corrected chi connectivity index (χ4v) is 3.22. The number of methoxy groups -OCH3 is 1. The summed E-state index contributed by atoms with van der Waals surface area (Å²) in [5, 5.41) is 0. The predicted molar refractivity (Wildman–Crippen MR) is 75.3 cm³/mol. The summed E-state index contributed by atoms with van der Waals surface area (Å²) in [5.74, 6) is 1.99. The van der Waals surface area contributed by atoms with Crippen molar-refractivity contribution >= 4 is 0 Å². The van der Waals surface area contributed by atoms with E-state index in [0.29, 0.717) is 6.10 Å². The molecule has 1 aliphatic rings. The average Bonchev–Trinajstić information content (AvgIpc) is 2.40. The van der Waals surface area contributed by atoms with Crippen LogP contribution in [0.1, 0.15) is 78.1 Å². The van der Waals surface area contributed by atoms with Crippen LogP contribution in [0.5, 0.6) is 0 Å². The molecule has 0 aromatic heterocycles. The normalized spacial score (nSPS) is 25.4. The Kier molecular flexibility index (Phi) is 7.92. The first-order chi connectivity index (χ1) is 8.30. The molecular formula is C16H32O. The van der Waals surface area contributed by atoms with E-state index in [-0.39, 0.29) is 0 Å². The highest BCUT2D eigenvalue weighted by Crippen LogP contribution is 2.30. The molecule has 0 heterocycles. The van der Waals surface area contributed by atoms with Crippen molar-refractivity contribution in [1.29, 1.82) is 0 Å². The summed E-state index contributed by atoms with van der Waals surface area (Å²) < 4.78 is 5.43. The van der Waals surface area contributed by atoms with E-state index in [1.807, 2.05) is 7.11 Å². The molecule has 0 aromatic rings.